The zero-order chi connectivity index (χ0) is 14.4. The third kappa shape index (κ3) is 4.54. The Hall–Kier alpha value is -1.53. The van der Waals surface area contributed by atoms with Gasteiger partial charge in [-0.15, -0.1) is 0 Å². The lowest BCUT2D eigenvalue weighted by Gasteiger charge is -2.14. The number of nitrogens with zero attached hydrogens (tertiary/aromatic N) is 1. The minimum atomic E-state index is 0.140. The first-order valence-corrected chi connectivity index (χ1v) is 7.43. The van der Waals surface area contributed by atoms with Gasteiger partial charge in [-0.05, 0) is 43.0 Å². The average molecular weight is 272 g/mol. The Morgan fingerprint density at radius 3 is 2.85 bits per heavy atom. The second kappa shape index (κ2) is 6.76. The minimum Gasteiger partial charge on any atom is -0.493 e. The number of ether oxygens (including phenoxy) is 1. The van der Waals surface area contributed by atoms with Gasteiger partial charge < -0.3 is 10.1 Å². The molecule has 108 valence electrons. The standard InChI is InChI=1S/C17H24N2O/c1-14(2)11-19-12-15-4-3-5-16(10-15)20-13-17(6-7-17)8-9-18/h3-5,10,14,19H,6-8,11-13H2,1-2H3. The van der Waals surface area contributed by atoms with E-state index in [9.17, 15) is 0 Å². The lowest BCUT2D eigenvalue weighted by Crippen LogP contribution is -2.19. The summed E-state index contributed by atoms with van der Waals surface area (Å²) in [6.45, 7) is 6.98. The van der Waals surface area contributed by atoms with Gasteiger partial charge in [0.2, 0.25) is 0 Å². The van der Waals surface area contributed by atoms with Crippen LogP contribution in [-0.4, -0.2) is 13.2 Å². The van der Waals surface area contributed by atoms with E-state index in [1.165, 1.54) is 5.56 Å². The van der Waals surface area contributed by atoms with Gasteiger partial charge in [-0.1, -0.05) is 26.0 Å². The third-order valence-electron chi connectivity index (χ3n) is 3.74. The van der Waals surface area contributed by atoms with Crippen molar-refractivity contribution >= 4 is 0 Å². The summed E-state index contributed by atoms with van der Waals surface area (Å²) in [5.74, 6) is 1.58. The van der Waals surface area contributed by atoms with Gasteiger partial charge in [0.1, 0.15) is 5.75 Å². The molecule has 0 saturated heterocycles. The number of nitriles is 1. The summed E-state index contributed by atoms with van der Waals surface area (Å²) in [7, 11) is 0. The average Bonchev–Trinajstić information content (AvgIpc) is 3.17. The molecular weight excluding hydrogens is 248 g/mol. The summed E-state index contributed by atoms with van der Waals surface area (Å²) in [5.41, 5.74) is 1.38. The molecule has 3 nitrogen and oxygen atoms in total. The lowest BCUT2D eigenvalue weighted by atomic mass is 10.1. The smallest absolute Gasteiger partial charge is 0.119 e. The van der Waals surface area contributed by atoms with Crippen molar-refractivity contribution < 1.29 is 4.74 Å². The highest BCUT2D eigenvalue weighted by Gasteiger charge is 2.43. The van der Waals surface area contributed by atoms with E-state index in [0.717, 1.165) is 31.7 Å². The van der Waals surface area contributed by atoms with Crippen LogP contribution in [0.2, 0.25) is 0 Å². The van der Waals surface area contributed by atoms with E-state index in [1.807, 2.05) is 12.1 Å². The van der Waals surface area contributed by atoms with Crippen LogP contribution in [0.3, 0.4) is 0 Å². The molecule has 0 radical (unpaired) electrons. The molecule has 1 aliphatic carbocycles. The van der Waals surface area contributed by atoms with Crippen LogP contribution in [0.4, 0.5) is 0 Å². The molecule has 0 atom stereocenters. The highest BCUT2D eigenvalue weighted by atomic mass is 16.5. The van der Waals surface area contributed by atoms with Crippen LogP contribution in [-0.2, 0) is 6.54 Å². The van der Waals surface area contributed by atoms with Gasteiger partial charge in [-0.2, -0.15) is 5.26 Å². The molecule has 1 N–H and O–H groups in total. The van der Waals surface area contributed by atoms with Crippen molar-refractivity contribution in [1.82, 2.24) is 5.32 Å². The van der Waals surface area contributed by atoms with E-state index in [1.54, 1.807) is 0 Å². The maximum Gasteiger partial charge on any atom is 0.119 e. The molecule has 1 aromatic rings. The highest BCUT2D eigenvalue weighted by Crippen LogP contribution is 2.48. The van der Waals surface area contributed by atoms with E-state index in [4.69, 9.17) is 10.00 Å². The predicted molar refractivity (Wildman–Crippen MR) is 80.4 cm³/mol. The molecule has 1 fully saturated rings. The second-order valence-electron chi connectivity index (χ2n) is 6.30. The Morgan fingerprint density at radius 2 is 2.20 bits per heavy atom. The third-order valence-corrected chi connectivity index (χ3v) is 3.74. The molecule has 0 heterocycles. The first-order chi connectivity index (χ1) is 9.63. The Morgan fingerprint density at radius 1 is 1.40 bits per heavy atom. The quantitative estimate of drug-likeness (QED) is 0.787. The van der Waals surface area contributed by atoms with E-state index in [0.29, 0.717) is 18.9 Å². The summed E-state index contributed by atoms with van der Waals surface area (Å²) in [5, 5.41) is 12.2. The van der Waals surface area contributed by atoms with Gasteiger partial charge in [0.25, 0.3) is 0 Å². The topological polar surface area (TPSA) is 45.0 Å². The minimum absolute atomic E-state index is 0.140. The molecule has 2 rings (SSSR count). The van der Waals surface area contributed by atoms with Gasteiger partial charge in [0, 0.05) is 18.4 Å². The summed E-state index contributed by atoms with van der Waals surface area (Å²) >= 11 is 0. The number of hydrogen-bond acceptors (Lipinski definition) is 3. The number of benzene rings is 1. The van der Waals surface area contributed by atoms with Crippen molar-refractivity contribution in [2.24, 2.45) is 11.3 Å². The SMILES string of the molecule is CC(C)CNCc1cccc(OCC2(CC#N)CC2)c1. The molecule has 0 aliphatic heterocycles. The fourth-order valence-corrected chi connectivity index (χ4v) is 2.20. The normalized spacial score (nSPS) is 15.9. The lowest BCUT2D eigenvalue weighted by molar-refractivity contribution is 0.236. The predicted octanol–water partition coefficient (Wildman–Crippen LogP) is 3.50. The highest BCUT2D eigenvalue weighted by molar-refractivity contribution is 5.28. The van der Waals surface area contributed by atoms with Crippen molar-refractivity contribution in [3.05, 3.63) is 29.8 Å². The molecule has 1 saturated carbocycles. The maximum absolute atomic E-state index is 8.81. The zero-order valence-electron chi connectivity index (χ0n) is 12.5. The number of nitrogens with one attached hydrogen (secondary N) is 1. The van der Waals surface area contributed by atoms with Crippen LogP contribution < -0.4 is 10.1 Å². The fourth-order valence-electron chi connectivity index (χ4n) is 2.20. The van der Waals surface area contributed by atoms with Crippen LogP contribution in [0.1, 0.15) is 38.7 Å². The van der Waals surface area contributed by atoms with E-state index in [2.05, 4.69) is 37.4 Å². The molecule has 20 heavy (non-hydrogen) atoms. The van der Waals surface area contributed by atoms with E-state index in [-0.39, 0.29) is 5.41 Å². The molecular formula is C17H24N2O. The molecule has 0 unspecified atom stereocenters. The molecule has 1 aliphatic rings. The Kier molecular flexibility index (Phi) is 5.03. The molecule has 0 spiro atoms. The van der Waals surface area contributed by atoms with Crippen LogP contribution in [0.25, 0.3) is 0 Å². The molecule has 1 aromatic carbocycles. The van der Waals surface area contributed by atoms with Crippen molar-refractivity contribution in [2.75, 3.05) is 13.2 Å². The van der Waals surface area contributed by atoms with Crippen LogP contribution in [0.5, 0.6) is 5.75 Å². The van der Waals surface area contributed by atoms with Crippen molar-refractivity contribution in [2.45, 2.75) is 39.7 Å². The van der Waals surface area contributed by atoms with Crippen LogP contribution in [0.15, 0.2) is 24.3 Å². The number of rotatable bonds is 8. The first kappa shape index (κ1) is 14.9. The largest absolute Gasteiger partial charge is 0.493 e. The summed E-state index contributed by atoms with van der Waals surface area (Å²) in [6.07, 6.45) is 2.86. The van der Waals surface area contributed by atoms with Crippen LogP contribution in [0, 0.1) is 22.7 Å². The van der Waals surface area contributed by atoms with Crippen LogP contribution >= 0.6 is 0 Å². The van der Waals surface area contributed by atoms with Crippen molar-refractivity contribution in [1.29, 1.82) is 5.26 Å². The van der Waals surface area contributed by atoms with E-state index >= 15 is 0 Å². The summed E-state index contributed by atoms with van der Waals surface area (Å²) in [4.78, 5) is 0. The Labute approximate surface area is 121 Å². The molecule has 0 amide bonds. The maximum atomic E-state index is 8.81. The fraction of sp³-hybridized carbons (Fsp3) is 0.588. The van der Waals surface area contributed by atoms with Crippen molar-refractivity contribution in [3.8, 4) is 11.8 Å². The monoisotopic (exact) mass is 272 g/mol. The van der Waals surface area contributed by atoms with Crippen molar-refractivity contribution in [3.63, 3.8) is 0 Å². The molecule has 0 aromatic heterocycles. The zero-order valence-corrected chi connectivity index (χ0v) is 12.5. The first-order valence-electron chi connectivity index (χ1n) is 7.43. The Balaban J connectivity index is 1.82. The van der Waals surface area contributed by atoms with Gasteiger partial charge in [-0.25, -0.2) is 0 Å². The van der Waals surface area contributed by atoms with Gasteiger partial charge in [0.05, 0.1) is 12.7 Å². The number of hydrogen-bond donors (Lipinski definition) is 1. The van der Waals surface area contributed by atoms with Gasteiger partial charge in [0.15, 0.2) is 0 Å². The second-order valence-corrected chi connectivity index (χ2v) is 6.30. The summed E-state index contributed by atoms with van der Waals surface area (Å²) < 4.78 is 5.88. The Bertz CT molecular complexity index is 472. The van der Waals surface area contributed by atoms with Gasteiger partial charge >= 0.3 is 0 Å². The molecule has 3 heteroatoms. The summed E-state index contributed by atoms with van der Waals surface area (Å²) in [6, 6.07) is 10.5. The van der Waals surface area contributed by atoms with E-state index < -0.39 is 0 Å². The van der Waals surface area contributed by atoms with Gasteiger partial charge in [-0.3, -0.25) is 0 Å². The molecule has 0 bridgehead atoms.